The number of fused-ring (bicyclic) bond motifs is 1. The van der Waals surface area contributed by atoms with Gasteiger partial charge in [-0.25, -0.2) is 0 Å². The molecule has 0 amide bonds. The Bertz CT molecular complexity index is 588. The van der Waals surface area contributed by atoms with Crippen molar-refractivity contribution in [2.45, 2.75) is 25.5 Å². The summed E-state index contributed by atoms with van der Waals surface area (Å²) < 4.78 is 7.05. The molecule has 3 rings (SSSR count). The Labute approximate surface area is 127 Å². The molecule has 1 N–H and O–H groups in total. The third-order valence-corrected chi connectivity index (χ3v) is 4.04. The monoisotopic (exact) mass is 332 g/mol. The molecule has 4 heteroatoms. The zero-order valence-corrected chi connectivity index (χ0v) is 12.9. The lowest BCUT2D eigenvalue weighted by molar-refractivity contribution is 0.222. The van der Waals surface area contributed by atoms with Gasteiger partial charge in [0.25, 0.3) is 0 Å². The van der Waals surface area contributed by atoms with Gasteiger partial charge in [-0.3, -0.25) is 4.98 Å². The Morgan fingerprint density at radius 2 is 2.30 bits per heavy atom. The van der Waals surface area contributed by atoms with Crippen molar-refractivity contribution in [2.75, 3.05) is 6.54 Å². The van der Waals surface area contributed by atoms with E-state index in [2.05, 4.69) is 39.2 Å². The maximum absolute atomic E-state index is 5.94. The second kappa shape index (κ2) is 5.94. The Balaban J connectivity index is 1.56. The molecule has 0 radical (unpaired) electrons. The summed E-state index contributed by atoms with van der Waals surface area (Å²) in [4.78, 5) is 4.37. The number of hydrogen-bond donors (Lipinski definition) is 1. The number of aromatic nitrogens is 1. The Morgan fingerprint density at radius 3 is 3.10 bits per heavy atom. The van der Waals surface area contributed by atoms with E-state index in [0.29, 0.717) is 0 Å². The smallest absolute Gasteiger partial charge is 0.123 e. The summed E-state index contributed by atoms with van der Waals surface area (Å²) in [5.74, 6) is 1.01. The van der Waals surface area contributed by atoms with Gasteiger partial charge < -0.3 is 10.1 Å². The van der Waals surface area contributed by atoms with Gasteiger partial charge in [-0.15, -0.1) is 0 Å². The summed E-state index contributed by atoms with van der Waals surface area (Å²) in [5, 5.41) is 3.49. The second-order valence-electron chi connectivity index (χ2n) is 5.08. The van der Waals surface area contributed by atoms with Crippen molar-refractivity contribution in [1.82, 2.24) is 10.3 Å². The molecular formula is C16H17BrN2O. The molecule has 0 fully saturated rings. The summed E-state index contributed by atoms with van der Waals surface area (Å²) in [6.07, 6.45) is 2.98. The van der Waals surface area contributed by atoms with Gasteiger partial charge in [0.2, 0.25) is 0 Å². The first kappa shape index (κ1) is 13.6. The number of hydrogen-bond acceptors (Lipinski definition) is 3. The van der Waals surface area contributed by atoms with E-state index in [1.165, 1.54) is 5.56 Å². The number of halogens is 1. The van der Waals surface area contributed by atoms with Crippen LogP contribution < -0.4 is 10.1 Å². The first-order valence-electron chi connectivity index (χ1n) is 6.82. The van der Waals surface area contributed by atoms with Crippen LogP contribution in [-0.2, 0) is 6.42 Å². The topological polar surface area (TPSA) is 34.1 Å². The van der Waals surface area contributed by atoms with E-state index in [9.17, 15) is 0 Å². The van der Waals surface area contributed by atoms with Crippen molar-refractivity contribution < 1.29 is 4.74 Å². The zero-order chi connectivity index (χ0) is 13.9. The van der Waals surface area contributed by atoms with Crippen molar-refractivity contribution in [3.8, 4) is 5.75 Å². The molecule has 1 unspecified atom stereocenters. The maximum atomic E-state index is 5.94. The number of rotatable bonds is 4. The van der Waals surface area contributed by atoms with Crippen LogP contribution in [0.25, 0.3) is 0 Å². The molecule has 2 atom stereocenters. The van der Waals surface area contributed by atoms with E-state index in [0.717, 1.165) is 28.9 Å². The minimum absolute atomic E-state index is 0.200. The van der Waals surface area contributed by atoms with E-state index in [-0.39, 0.29) is 12.1 Å². The van der Waals surface area contributed by atoms with E-state index in [4.69, 9.17) is 4.74 Å². The summed E-state index contributed by atoms with van der Waals surface area (Å²) in [6.45, 7) is 2.95. The van der Waals surface area contributed by atoms with Gasteiger partial charge in [0.15, 0.2) is 0 Å². The number of nitrogens with zero attached hydrogens (tertiary/aromatic N) is 1. The molecule has 2 aromatic rings. The second-order valence-corrected chi connectivity index (χ2v) is 6.00. The summed E-state index contributed by atoms with van der Waals surface area (Å²) in [5.41, 5.74) is 2.34. The fraction of sp³-hybridized carbons (Fsp3) is 0.312. The molecule has 0 saturated carbocycles. The van der Waals surface area contributed by atoms with Crippen molar-refractivity contribution in [3.63, 3.8) is 0 Å². The van der Waals surface area contributed by atoms with E-state index in [1.807, 2.05) is 36.5 Å². The quantitative estimate of drug-likeness (QED) is 0.930. The fourth-order valence-corrected chi connectivity index (χ4v) is 2.86. The van der Waals surface area contributed by atoms with Gasteiger partial charge in [0, 0.05) is 29.7 Å². The number of nitrogens with one attached hydrogen (secondary N) is 1. The van der Waals surface area contributed by atoms with Crippen LogP contribution in [0.1, 0.15) is 24.2 Å². The highest BCUT2D eigenvalue weighted by Crippen LogP contribution is 2.31. The van der Waals surface area contributed by atoms with Gasteiger partial charge in [-0.1, -0.05) is 22.0 Å². The molecule has 1 aromatic heterocycles. The predicted octanol–water partition coefficient (Wildman–Crippen LogP) is 3.50. The lowest BCUT2D eigenvalue weighted by Crippen LogP contribution is -2.32. The van der Waals surface area contributed by atoms with Crippen LogP contribution in [0.2, 0.25) is 0 Å². The van der Waals surface area contributed by atoms with Crippen molar-refractivity contribution in [1.29, 1.82) is 0 Å². The van der Waals surface area contributed by atoms with Crippen LogP contribution >= 0.6 is 15.9 Å². The normalized spacial score (nSPS) is 18.4. The first-order chi connectivity index (χ1) is 9.72. The average Bonchev–Trinajstić information content (AvgIpc) is 2.87. The standard InChI is InChI=1S/C16H17BrN2O/c1-11(15-4-2-3-7-18-15)19-10-14-9-12-8-13(17)5-6-16(12)20-14/h2-8,11,14,19H,9-10H2,1H3/t11-,14?/m0/s1. The molecule has 104 valence electrons. The van der Waals surface area contributed by atoms with Crippen LogP contribution in [0.3, 0.4) is 0 Å². The Morgan fingerprint density at radius 1 is 1.40 bits per heavy atom. The van der Waals surface area contributed by atoms with Crippen LogP contribution in [-0.4, -0.2) is 17.6 Å². The third-order valence-electron chi connectivity index (χ3n) is 3.55. The highest BCUT2D eigenvalue weighted by molar-refractivity contribution is 9.10. The zero-order valence-electron chi connectivity index (χ0n) is 11.3. The van der Waals surface area contributed by atoms with Gasteiger partial charge >= 0.3 is 0 Å². The summed E-state index contributed by atoms with van der Waals surface area (Å²) in [7, 11) is 0. The van der Waals surface area contributed by atoms with Crippen LogP contribution in [0.5, 0.6) is 5.75 Å². The van der Waals surface area contributed by atoms with E-state index >= 15 is 0 Å². The summed E-state index contributed by atoms with van der Waals surface area (Å²) >= 11 is 3.50. The molecule has 0 spiro atoms. The van der Waals surface area contributed by atoms with E-state index < -0.39 is 0 Å². The lowest BCUT2D eigenvalue weighted by Gasteiger charge is -2.16. The van der Waals surface area contributed by atoms with Crippen molar-refractivity contribution >= 4 is 15.9 Å². The molecule has 1 aliphatic rings. The van der Waals surface area contributed by atoms with Crippen LogP contribution in [0.15, 0.2) is 47.1 Å². The molecule has 1 aliphatic heterocycles. The van der Waals surface area contributed by atoms with Gasteiger partial charge in [-0.2, -0.15) is 0 Å². The Hall–Kier alpha value is -1.39. The molecule has 0 aliphatic carbocycles. The molecule has 0 saturated heterocycles. The Kier molecular flexibility index (Phi) is 4.03. The molecule has 2 heterocycles. The highest BCUT2D eigenvalue weighted by Gasteiger charge is 2.23. The van der Waals surface area contributed by atoms with Crippen LogP contribution in [0.4, 0.5) is 0 Å². The van der Waals surface area contributed by atoms with Crippen LogP contribution in [0, 0.1) is 0 Å². The van der Waals surface area contributed by atoms with Crippen molar-refractivity contribution in [3.05, 3.63) is 58.3 Å². The third kappa shape index (κ3) is 3.02. The summed E-state index contributed by atoms with van der Waals surface area (Å²) in [6, 6.07) is 12.4. The molecule has 3 nitrogen and oxygen atoms in total. The lowest BCUT2D eigenvalue weighted by atomic mass is 10.1. The van der Waals surface area contributed by atoms with Gasteiger partial charge in [-0.05, 0) is 42.8 Å². The predicted molar refractivity (Wildman–Crippen MR) is 82.9 cm³/mol. The molecule has 0 bridgehead atoms. The average molecular weight is 333 g/mol. The van der Waals surface area contributed by atoms with E-state index in [1.54, 1.807) is 0 Å². The number of benzene rings is 1. The number of ether oxygens (including phenoxy) is 1. The largest absolute Gasteiger partial charge is 0.488 e. The molecule has 1 aromatic carbocycles. The highest BCUT2D eigenvalue weighted by atomic mass is 79.9. The van der Waals surface area contributed by atoms with Gasteiger partial charge in [0.1, 0.15) is 11.9 Å². The van der Waals surface area contributed by atoms with Crippen molar-refractivity contribution in [2.24, 2.45) is 0 Å². The molecular weight excluding hydrogens is 316 g/mol. The number of pyridine rings is 1. The molecule has 20 heavy (non-hydrogen) atoms. The maximum Gasteiger partial charge on any atom is 0.123 e. The SMILES string of the molecule is C[C@H](NCC1Cc2cc(Br)ccc2O1)c1ccccn1. The minimum atomic E-state index is 0.200. The first-order valence-corrected chi connectivity index (χ1v) is 7.61. The minimum Gasteiger partial charge on any atom is -0.488 e. The fourth-order valence-electron chi connectivity index (χ4n) is 2.45. The van der Waals surface area contributed by atoms with Gasteiger partial charge in [0.05, 0.1) is 5.69 Å².